The molecule has 0 aromatic carbocycles. The molecule has 2 amide bonds. The van der Waals surface area contributed by atoms with Crippen molar-refractivity contribution in [1.29, 1.82) is 0 Å². The highest BCUT2D eigenvalue weighted by atomic mass is 16.5. The van der Waals surface area contributed by atoms with E-state index in [9.17, 15) is 4.79 Å². The second kappa shape index (κ2) is 8.16. The molecule has 140 valence electrons. The number of amides is 2. The summed E-state index contributed by atoms with van der Waals surface area (Å²) in [6, 6.07) is 3.57. The number of urea groups is 1. The van der Waals surface area contributed by atoms with Crippen molar-refractivity contribution in [3.63, 3.8) is 0 Å². The SMILES string of the molecule is CC(C)COc1cc(NC(=O)N2CCC(c3ccnn3C)CC2)ncn1. The van der Waals surface area contributed by atoms with E-state index in [-0.39, 0.29) is 6.03 Å². The van der Waals surface area contributed by atoms with Crippen molar-refractivity contribution in [3.8, 4) is 5.88 Å². The summed E-state index contributed by atoms with van der Waals surface area (Å²) in [5, 5.41) is 7.07. The zero-order valence-electron chi connectivity index (χ0n) is 15.6. The van der Waals surface area contributed by atoms with Gasteiger partial charge >= 0.3 is 6.03 Å². The van der Waals surface area contributed by atoms with Crippen LogP contribution in [0.4, 0.5) is 10.6 Å². The van der Waals surface area contributed by atoms with Crippen LogP contribution in [0.1, 0.15) is 38.3 Å². The summed E-state index contributed by atoms with van der Waals surface area (Å²) in [6.07, 6.45) is 5.08. The van der Waals surface area contributed by atoms with E-state index in [4.69, 9.17) is 4.74 Å². The minimum absolute atomic E-state index is 0.137. The van der Waals surface area contributed by atoms with Crippen LogP contribution in [-0.2, 0) is 7.05 Å². The standard InChI is InChI=1S/C18H26N6O2/c1-13(2)11-26-17-10-16(19-12-20-17)22-18(25)24-8-5-14(6-9-24)15-4-7-21-23(15)3/h4,7,10,12-14H,5-6,8-9,11H2,1-3H3,(H,19,20,22,25). The molecule has 1 saturated heterocycles. The molecule has 1 fully saturated rings. The van der Waals surface area contributed by atoms with Crippen LogP contribution in [-0.4, -0.2) is 50.4 Å². The van der Waals surface area contributed by atoms with Crippen LogP contribution in [0.5, 0.6) is 5.88 Å². The molecule has 3 rings (SSSR count). The largest absolute Gasteiger partial charge is 0.477 e. The molecule has 2 aromatic rings. The second-order valence-electron chi connectivity index (χ2n) is 7.02. The van der Waals surface area contributed by atoms with Gasteiger partial charge in [-0.05, 0) is 24.8 Å². The first-order chi connectivity index (χ1) is 12.5. The molecule has 2 aromatic heterocycles. The Hall–Kier alpha value is -2.64. The Bertz CT molecular complexity index is 737. The van der Waals surface area contributed by atoms with Crippen LogP contribution in [0, 0.1) is 5.92 Å². The zero-order chi connectivity index (χ0) is 18.5. The number of nitrogens with zero attached hydrogens (tertiary/aromatic N) is 5. The Balaban J connectivity index is 1.53. The number of aromatic nitrogens is 4. The van der Waals surface area contributed by atoms with E-state index < -0.39 is 0 Å². The molecule has 0 radical (unpaired) electrons. The van der Waals surface area contributed by atoms with Gasteiger partial charge < -0.3 is 9.64 Å². The molecule has 1 N–H and O–H groups in total. The van der Waals surface area contributed by atoms with Gasteiger partial charge in [0.2, 0.25) is 5.88 Å². The van der Waals surface area contributed by atoms with Crippen molar-refractivity contribution >= 4 is 11.8 Å². The number of hydrogen-bond acceptors (Lipinski definition) is 5. The molecule has 0 unspecified atom stereocenters. The van der Waals surface area contributed by atoms with E-state index in [2.05, 4.69) is 40.3 Å². The molecule has 8 nitrogen and oxygen atoms in total. The lowest BCUT2D eigenvalue weighted by atomic mass is 9.93. The minimum Gasteiger partial charge on any atom is -0.477 e. The molecule has 0 saturated carbocycles. The first kappa shape index (κ1) is 18.2. The number of aryl methyl sites for hydroxylation is 1. The van der Waals surface area contributed by atoms with Gasteiger partial charge in [0.25, 0.3) is 0 Å². The third-order valence-electron chi connectivity index (χ3n) is 4.50. The van der Waals surface area contributed by atoms with Crippen molar-refractivity contribution in [3.05, 3.63) is 30.4 Å². The van der Waals surface area contributed by atoms with Gasteiger partial charge in [0.05, 0.1) is 6.61 Å². The maximum atomic E-state index is 12.5. The molecule has 0 bridgehead atoms. The summed E-state index contributed by atoms with van der Waals surface area (Å²) in [5.41, 5.74) is 1.23. The number of ether oxygens (including phenoxy) is 1. The van der Waals surface area contributed by atoms with E-state index >= 15 is 0 Å². The normalized spacial score (nSPS) is 15.3. The lowest BCUT2D eigenvalue weighted by molar-refractivity contribution is 0.193. The molecule has 3 heterocycles. The van der Waals surface area contributed by atoms with Crippen LogP contribution < -0.4 is 10.1 Å². The van der Waals surface area contributed by atoms with Gasteiger partial charge in [0.1, 0.15) is 12.1 Å². The first-order valence-corrected chi connectivity index (χ1v) is 9.01. The summed E-state index contributed by atoms with van der Waals surface area (Å²) >= 11 is 0. The van der Waals surface area contributed by atoms with Crippen LogP contribution >= 0.6 is 0 Å². The summed E-state index contributed by atoms with van der Waals surface area (Å²) in [5.74, 6) is 1.78. The van der Waals surface area contributed by atoms with Gasteiger partial charge in [-0.2, -0.15) is 5.10 Å². The molecule has 0 atom stereocenters. The highest BCUT2D eigenvalue weighted by Gasteiger charge is 2.25. The highest BCUT2D eigenvalue weighted by Crippen LogP contribution is 2.27. The predicted octanol–water partition coefficient (Wildman–Crippen LogP) is 2.66. The number of rotatable bonds is 5. The third kappa shape index (κ3) is 4.50. The molecule has 1 aliphatic heterocycles. The van der Waals surface area contributed by atoms with E-state index in [1.807, 2.05) is 22.8 Å². The maximum absolute atomic E-state index is 12.5. The lowest BCUT2D eigenvalue weighted by Gasteiger charge is -2.31. The summed E-state index contributed by atoms with van der Waals surface area (Å²) < 4.78 is 7.49. The number of carbonyl (C=O) groups excluding carboxylic acids is 1. The molecular weight excluding hydrogens is 332 g/mol. The van der Waals surface area contributed by atoms with E-state index in [1.54, 1.807) is 6.07 Å². The number of likely N-dealkylation sites (tertiary alicyclic amines) is 1. The second-order valence-corrected chi connectivity index (χ2v) is 7.02. The number of carbonyl (C=O) groups is 1. The number of hydrogen-bond donors (Lipinski definition) is 1. The molecule has 0 aliphatic carbocycles. The number of anilines is 1. The third-order valence-corrected chi connectivity index (χ3v) is 4.50. The topological polar surface area (TPSA) is 85.2 Å². The van der Waals surface area contributed by atoms with Crippen LogP contribution in [0.15, 0.2) is 24.7 Å². The van der Waals surface area contributed by atoms with Gasteiger partial charge in [0.15, 0.2) is 0 Å². The molecule has 26 heavy (non-hydrogen) atoms. The Morgan fingerprint density at radius 2 is 2.12 bits per heavy atom. The maximum Gasteiger partial charge on any atom is 0.323 e. The zero-order valence-corrected chi connectivity index (χ0v) is 15.6. The fourth-order valence-corrected chi connectivity index (χ4v) is 3.09. The lowest BCUT2D eigenvalue weighted by Crippen LogP contribution is -2.41. The van der Waals surface area contributed by atoms with E-state index in [0.717, 1.165) is 12.8 Å². The van der Waals surface area contributed by atoms with Gasteiger partial charge in [-0.3, -0.25) is 10.00 Å². The minimum atomic E-state index is -0.137. The van der Waals surface area contributed by atoms with Crippen molar-refractivity contribution in [2.45, 2.75) is 32.6 Å². The molecular formula is C18H26N6O2. The predicted molar refractivity (Wildman–Crippen MR) is 98.1 cm³/mol. The Morgan fingerprint density at radius 3 is 2.77 bits per heavy atom. The molecule has 1 aliphatic rings. The van der Waals surface area contributed by atoms with Crippen LogP contribution in [0.2, 0.25) is 0 Å². The monoisotopic (exact) mass is 358 g/mol. The van der Waals surface area contributed by atoms with E-state index in [1.165, 1.54) is 12.0 Å². The van der Waals surface area contributed by atoms with Gasteiger partial charge in [-0.15, -0.1) is 0 Å². The summed E-state index contributed by atoms with van der Waals surface area (Å²) in [7, 11) is 1.96. The average Bonchev–Trinajstić information content (AvgIpc) is 3.06. The van der Waals surface area contributed by atoms with Crippen molar-refractivity contribution in [1.82, 2.24) is 24.6 Å². The van der Waals surface area contributed by atoms with Crippen molar-refractivity contribution in [2.75, 3.05) is 25.0 Å². The van der Waals surface area contributed by atoms with Crippen molar-refractivity contribution in [2.24, 2.45) is 13.0 Å². The fourth-order valence-electron chi connectivity index (χ4n) is 3.09. The van der Waals surface area contributed by atoms with E-state index in [0.29, 0.717) is 43.2 Å². The highest BCUT2D eigenvalue weighted by molar-refractivity contribution is 5.88. The fraction of sp³-hybridized carbons (Fsp3) is 0.556. The van der Waals surface area contributed by atoms with Gasteiger partial charge in [-0.1, -0.05) is 13.8 Å². The Kier molecular flexibility index (Phi) is 5.70. The smallest absolute Gasteiger partial charge is 0.323 e. The molecule has 8 heteroatoms. The first-order valence-electron chi connectivity index (χ1n) is 9.01. The summed E-state index contributed by atoms with van der Waals surface area (Å²) in [6.45, 7) is 6.14. The quantitative estimate of drug-likeness (QED) is 0.888. The van der Waals surface area contributed by atoms with Gasteiger partial charge in [-0.25, -0.2) is 14.8 Å². The van der Waals surface area contributed by atoms with Crippen LogP contribution in [0.3, 0.4) is 0 Å². The Labute approximate surface area is 153 Å². The molecule has 0 spiro atoms. The van der Waals surface area contributed by atoms with Crippen LogP contribution in [0.25, 0.3) is 0 Å². The number of piperidine rings is 1. The van der Waals surface area contributed by atoms with Gasteiger partial charge in [0, 0.05) is 44.0 Å². The van der Waals surface area contributed by atoms with Crippen molar-refractivity contribution < 1.29 is 9.53 Å². The summed E-state index contributed by atoms with van der Waals surface area (Å²) in [4.78, 5) is 22.5. The average molecular weight is 358 g/mol. The Morgan fingerprint density at radius 1 is 1.35 bits per heavy atom. The number of nitrogens with one attached hydrogen (secondary N) is 1.